The molecule has 1 rings (SSSR count). The van der Waals surface area contributed by atoms with Gasteiger partial charge in [0.2, 0.25) is 0 Å². The number of benzene rings is 1. The van der Waals surface area contributed by atoms with Crippen LogP contribution in [0.3, 0.4) is 0 Å². The zero-order valence-corrected chi connectivity index (χ0v) is 8.79. The topological polar surface area (TPSA) is 64.9 Å². The summed E-state index contributed by atoms with van der Waals surface area (Å²) in [6.07, 6.45) is -0.662. The summed E-state index contributed by atoms with van der Waals surface area (Å²) in [5, 5.41) is 14.0. The highest BCUT2D eigenvalue weighted by Crippen LogP contribution is 2.18. The predicted molar refractivity (Wildman–Crippen MR) is 57.6 cm³/mol. The molecule has 0 aliphatic heterocycles. The number of likely N-dealkylation sites (N-methyl/N-ethyl adjacent to an activating group) is 1. The molecule has 82 valence electrons. The molecule has 0 heterocycles. The molecular formula is C10H15N3O2. The van der Waals surface area contributed by atoms with Crippen molar-refractivity contribution < 1.29 is 5.11 Å². The van der Waals surface area contributed by atoms with E-state index in [1.165, 1.54) is 5.01 Å². The molecule has 0 bridgehead atoms. The van der Waals surface area contributed by atoms with E-state index in [0.717, 1.165) is 5.56 Å². The van der Waals surface area contributed by atoms with Crippen LogP contribution in [0, 0.1) is 4.91 Å². The van der Waals surface area contributed by atoms with Crippen LogP contribution in [0.15, 0.2) is 35.6 Å². The molecular weight excluding hydrogens is 194 g/mol. The third kappa shape index (κ3) is 3.00. The quantitative estimate of drug-likeness (QED) is 0.565. The lowest BCUT2D eigenvalue weighted by molar-refractivity contribution is 0.0445. The van der Waals surface area contributed by atoms with Crippen LogP contribution in [-0.2, 0) is 0 Å². The van der Waals surface area contributed by atoms with Gasteiger partial charge in [0, 0.05) is 7.05 Å². The second-order valence-corrected chi connectivity index (χ2v) is 3.40. The lowest BCUT2D eigenvalue weighted by Crippen LogP contribution is -2.41. The van der Waals surface area contributed by atoms with Crippen molar-refractivity contribution in [3.63, 3.8) is 0 Å². The Kier molecular flexibility index (Phi) is 4.20. The Morgan fingerprint density at radius 3 is 2.53 bits per heavy atom. The second kappa shape index (κ2) is 5.43. The minimum Gasteiger partial charge on any atom is -0.387 e. The van der Waals surface area contributed by atoms with E-state index < -0.39 is 6.10 Å². The van der Waals surface area contributed by atoms with Crippen LogP contribution in [0.25, 0.3) is 0 Å². The summed E-state index contributed by atoms with van der Waals surface area (Å²) in [7, 11) is 1.65. The Bertz CT molecular complexity index is 305. The van der Waals surface area contributed by atoms with Gasteiger partial charge in [0.25, 0.3) is 0 Å². The smallest absolute Gasteiger partial charge is 0.0961 e. The summed E-state index contributed by atoms with van der Waals surface area (Å²) in [4.78, 5) is 9.99. The van der Waals surface area contributed by atoms with Gasteiger partial charge in [-0.15, -0.1) is 4.91 Å². The first kappa shape index (κ1) is 11.6. The van der Waals surface area contributed by atoms with Crippen LogP contribution in [0.1, 0.15) is 18.6 Å². The average molecular weight is 209 g/mol. The Labute approximate surface area is 88.6 Å². The molecule has 0 saturated heterocycles. The summed E-state index contributed by atoms with van der Waals surface area (Å²) < 4.78 is 0. The van der Waals surface area contributed by atoms with Crippen molar-refractivity contribution in [1.82, 2.24) is 10.5 Å². The molecule has 0 aromatic heterocycles. The number of nitroso groups, excluding NO2 is 1. The summed E-state index contributed by atoms with van der Waals surface area (Å²) in [6.45, 7) is 1.80. The minimum absolute atomic E-state index is 0.245. The molecule has 0 unspecified atom stereocenters. The van der Waals surface area contributed by atoms with E-state index in [9.17, 15) is 10.0 Å². The van der Waals surface area contributed by atoms with Gasteiger partial charge in [-0.2, -0.15) is 0 Å². The minimum atomic E-state index is -0.662. The van der Waals surface area contributed by atoms with Crippen LogP contribution in [0.4, 0.5) is 0 Å². The molecule has 0 fully saturated rings. The molecule has 1 aromatic carbocycles. The highest BCUT2D eigenvalue weighted by Gasteiger charge is 2.20. The first-order chi connectivity index (χ1) is 7.16. The van der Waals surface area contributed by atoms with E-state index in [1.54, 1.807) is 14.0 Å². The van der Waals surface area contributed by atoms with Crippen LogP contribution >= 0.6 is 0 Å². The molecule has 5 heteroatoms. The number of hydrazine groups is 1. The fourth-order valence-electron chi connectivity index (χ4n) is 1.30. The highest BCUT2D eigenvalue weighted by molar-refractivity contribution is 5.18. The van der Waals surface area contributed by atoms with E-state index in [1.807, 2.05) is 30.3 Å². The average Bonchev–Trinajstić information content (AvgIpc) is 2.28. The van der Waals surface area contributed by atoms with E-state index in [4.69, 9.17) is 0 Å². The monoisotopic (exact) mass is 209 g/mol. The Morgan fingerprint density at radius 1 is 1.40 bits per heavy atom. The summed E-state index contributed by atoms with van der Waals surface area (Å²) >= 11 is 0. The first-order valence-corrected chi connectivity index (χ1v) is 4.70. The van der Waals surface area contributed by atoms with E-state index in [2.05, 4.69) is 10.8 Å². The SMILES string of the molecule is C[C@@H]([C@H](O)c1ccccc1)N(C)NN=O. The van der Waals surface area contributed by atoms with Crippen molar-refractivity contribution in [3.05, 3.63) is 40.8 Å². The molecule has 0 radical (unpaired) electrons. The zero-order chi connectivity index (χ0) is 11.3. The molecule has 2 atom stereocenters. The van der Waals surface area contributed by atoms with Gasteiger partial charge in [-0.05, 0) is 12.5 Å². The second-order valence-electron chi connectivity index (χ2n) is 3.40. The molecule has 0 amide bonds. The number of rotatable bonds is 5. The van der Waals surface area contributed by atoms with Crippen molar-refractivity contribution in [1.29, 1.82) is 0 Å². The molecule has 0 aliphatic carbocycles. The summed E-state index contributed by atoms with van der Waals surface area (Å²) in [5.41, 5.74) is 3.05. The number of aliphatic hydroxyl groups is 1. The van der Waals surface area contributed by atoms with Crippen molar-refractivity contribution in [2.24, 2.45) is 5.29 Å². The third-order valence-electron chi connectivity index (χ3n) is 2.41. The van der Waals surface area contributed by atoms with Crippen LogP contribution in [-0.4, -0.2) is 23.2 Å². The molecule has 0 aliphatic rings. The zero-order valence-electron chi connectivity index (χ0n) is 8.79. The lowest BCUT2D eigenvalue weighted by Gasteiger charge is -2.26. The number of hydrogen-bond acceptors (Lipinski definition) is 4. The molecule has 15 heavy (non-hydrogen) atoms. The molecule has 0 spiro atoms. The molecule has 1 aromatic rings. The van der Waals surface area contributed by atoms with Gasteiger partial charge in [-0.3, -0.25) is 0 Å². The van der Waals surface area contributed by atoms with E-state index >= 15 is 0 Å². The van der Waals surface area contributed by atoms with Gasteiger partial charge in [0.05, 0.1) is 17.4 Å². The van der Waals surface area contributed by atoms with E-state index in [0.29, 0.717) is 0 Å². The van der Waals surface area contributed by atoms with Crippen molar-refractivity contribution in [3.8, 4) is 0 Å². The van der Waals surface area contributed by atoms with Gasteiger partial charge in [0.15, 0.2) is 0 Å². The van der Waals surface area contributed by atoms with Gasteiger partial charge < -0.3 is 5.11 Å². The van der Waals surface area contributed by atoms with Crippen LogP contribution in [0.2, 0.25) is 0 Å². The standard InChI is InChI=1S/C10H15N3O2/c1-8(13(2)11-12-15)10(14)9-6-4-3-5-7-9/h3-8,10,14H,1-2H3,(H,11,15)/t8-,10-/m0/s1. The largest absolute Gasteiger partial charge is 0.387 e. The highest BCUT2D eigenvalue weighted by atomic mass is 16.3. The van der Waals surface area contributed by atoms with Crippen molar-refractivity contribution in [2.75, 3.05) is 7.05 Å². The van der Waals surface area contributed by atoms with Crippen LogP contribution < -0.4 is 5.53 Å². The maximum atomic E-state index is 9.99. The number of nitrogens with zero attached hydrogens (tertiary/aromatic N) is 2. The van der Waals surface area contributed by atoms with Crippen molar-refractivity contribution in [2.45, 2.75) is 19.1 Å². The Hall–Kier alpha value is -1.46. The number of nitrogens with one attached hydrogen (secondary N) is 1. The summed E-state index contributed by atoms with van der Waals surface area (Å²) in [5.74, 6) is 0. The number of hydrogen-bond donors (Lipinski definition) is 2. The van der Waals surface area contributed by atoms with Gasteiger partial charge >= 0.3 is 0 Å². The number of aliphatic hydroxyl groups excluding tert-OH is 1. The fraction of sp³-hybridized carbons (Fsp3) is 0.400. The van der Waals surface area contributed by atoms with Gasteiger partial charge in [0.1, 0.15) is 0 Å². The Balaban J connectivity index is 2.68. The normalized spacial score (nSPS) is 14.7. The van der Waals surface area contributed by atoms with Gasteiger partial charge in [-0.1, -0.05) is 30.3 Å². The fourth-order valence-corrected chi connectivity index (χ4v) is 1.30. The maximum absolute atomic E-state index is 9.99. The molecule has 0 saturated carbocycles. The lowest BCUT2D eigenvalue weighted by atomic mass is 10.0. The predicted octanol–water partition coefficient (Wildman–Crippen LogP) is 1.23. The third-order valence-corrected chi connectivity index (χ3v) is 2.41. The van der Waals surface area contributed by atoms with E-state index in [-0.39, 0.29) is 6.04 Å². The molecule has 2 N–H and O–H groups in total. The summed E-state index contributed by atoms with van der Waals surface area (Å²) in [6, 6.07) is 9.03. The van der Waals surface area contributed by atoms with Gasteiger partial charge in [-0.25, -0.2) is 10.5 Å². The van der Waals surface area contributed by atoms with Crippen LogP contribution in [0.5, 0.6) is 0 Å². The van der Waals surface area contributed by atoms with Crippen molar-refractivity contribution >= 4 is 0 Å². The molecule has 5 nitrogen and oxygen atoms in total. The maximum Gasteiger partial charge on any atom is 0.0961 e. The first-order valence-electron chi connectivity index (χ1n) is 4.70. The Morgan fingerprint density at radius 2 is 2.00 bits per heavy atom.